The molecule has 0 saturated heterocycles. The number of carbonyl (C=O) groups excluding carboxylic acids is 1. The van der Waals surface area contributed by atoms with Gasteiger partial charge in [0.2, 0.25) is 5.24 Å². The Labute approximate surface area is 92.2 Å². The first-order chi connectivity index (χ1) is 6.61. The normalized spacial score (nSPS) is 21.1. The summed E-state index contributed by atoms with van der Waals surface area (Å²) >= 11 is 5.62. The van der Waals surface area contributed by atoms with Gasteiger partial charge in [-0.2, -0.15) is 0 Å². The van der Waals surface area contributed by atoms with Crippen LogP contribution in [0.2, 0.25) is 0 Å². The molecule has 1 rings (SSSR count). The lowest BCUT2D eigenvalue weighted by Gasteiger charge is -2.26. The van der Waals surface area contributed by atoms with E-state index in [1.807, 2.05) is 0 Å². The highest BCUT2D eigenvalue weighted by molar-refractivity contribution is 6.64. The molecule has 0 amide bonds. The topological polar surface area (TPSA) is 17.1 Å². The zero-order chi connectivity index (χ0) is 10.6. The highest BCUT2D eigenvalue weighted by atomic mass is 35.5. The summed E-state index contributed by atoms with van der Waals surface area (Å²) in [6.07, 6.45) is 7.66. The van der Waals surface area contributed by atoms with Crippen LogP contribution in [-0.4, -0.2) is 5.24 Å². The molecular formula is C12H21ClO. The molecule has 0 unspecified atom stereocenters. The first-order valence-corrected chi connectivity index (χ1v) is 6.18. The minimum Gasteiger partial charge on any atom is -0.281 e. The van der Waals surface area contributed by atoms with Crippen molar-refractivity contribution in [2.75, 3.05) is 0 Å². The molecule has 14 heavy (non-hydrogen) atoms. The van der Waals surface area contributed by atoms with E-state index >= 15 is 0 Å². The minimum atomic E-state index is -0.134. The van der Waals surface area contributed by atoms with Crippen LogP contribution in [0.15, 0.2) is 0 Å². The Balaban J connectivity index is 2.41. The molecule has 82 valence electrons. The van der Waals surface area contributed by atoms with Crippen LogP contribution in [0.1, 0.15) is 52.4 Å². The predicted molar refractivity (Wildman–Crippen MR) is 60.4 cm³/mol. The summed E-state index contributed by atoms with van der Waals surface area (Å²) in [4.78, 5) is 11.2. The van der Waals surface area contributed by atoms with Gasteiger partial charge in [-0.3, -0.25) is 4.79 Å². The number of rotatable bonds is 4. The van der Waals surface area contributed by atoms with Crippen molar-refractivity contribution in [1.82, 2.24) is 0 Å². The van der Waals surface area contributed by atoms with E-state index in [9.17, 15) is 4.79 Å². The van der Waals surface area contributed by atoms with Crippen molar-refractivity contribution < 1.29 is 4.79 Å². The van der Waals surface area contributed by atoms with Gasteiger partial charge in [0.05, 0.1) is 0 Å². The summed E-state index contributed by atoms with van der Waals surface area (Å²) in [6, 6.07) is 0. The van der Waals surface area contributed by atoms with Crippen molar-refractivity contribution in [2.45, 2.75) is 52.4 Å². The zero-order valence-electron chi connectivity index (χ0n) is 9.26. The minimum absolute atomic E-state index is 0.0831. The molecule has 0 aromatic heterocycles. The smallest absolute Gasteiger partial charge is 0.224 e. The molecule has 1 aliphatic carbocycles. The SMILES string of the molecule is CC(C)[C@H](CC1CCCCC1)C(=O)Cl. The summed E-state index contributed by atoms with van der Waals surface area (Å²) in [5.41, 5.74) is 0. The van der Waals surface area contributed by atoms with E-state index in [1.165, 1.54) is 32.1 Å². The summed E-state index contributed by atoms with van der Waals surface area (Å²) < 4.78 is 0. The number of hydrogen-bond donors (Lipinski definition) is 0. The quantitative estimate of drug-likeness (QED) is 0.650. The van der Waals surface area contributed by atoms with Crippen molar-refractivity contribution in [2.24, 2.45) is 17.8 Å². The van der Waals surface area contributed by atoms with E-state index in [0.29, 0.717) is 5.92 Å². The van der Waals surface area contributed by atoms with Crippen LogP contribution >= 0.6 is 11.6 Å². The lowest BCUT2D eigenvalue weighted by atomic mass is 9.80. The van der Waals surface area contributed by atoms with Crippen molar-refractivity contribution >= 4 is 16.8 Å². The highest BCUT2D eigenvalue weighted by Gasteiger charge is 2.25. The number of carbonyl (C=O) groups is 1. The molecule has 0 spiro atoms. The summed E-state index contributed by atoms with van der Waals surface area (Å²) in [5, 5.41) is -0.134. The van der Waals surface area contributed by atoms with Crippen LogP contribution in [0, 0.1) is 17.8 Å². The third kappa shape index (κ3) is 3.61. The van der Waals surface area contributed by atoms with Crippen molar-refractivity contribution in [3.63, 3.8) is 0 Å². The second-order valence-electron chi connectivity index (χ2n) is 4.89. The highest BCUT2D eigenvalue weighted by Crippen LogP contribution is 2.32. The van der Waals surface area contributed by atoms with Gasteiger partial charge in [0.25, 0.3) is 0 Å². The third-order valence-electron chi connectivity index (χ3n) is 3.41. The van der Waals surface area contributed by atoms with Crippen molar-refractivity contribution in [3.8, 4) is 0 Å². The fourth-order valence-electron chi connectivity index (χ4n) is 2.41. The van der Waals surface area contributed by atoms with Crippen LogP contribution in [0.3, 0.4) is 0 Å². The van der Waals surface area contributed by atoms with Gasteiger partial charge in [-0.1, -0.05) is 46.0 Å². The molecule has 1 atom stereocenters. The molecule has 0 aromatic rings. The molecule has 1 fully saturated rings. The van der Waals surface area contributed by atoms with Crippen LogP contribution in [0.5, 0.6) is 0 Å². The standard InChI is InChI=1S/C12H21ClO/c1-9(2)11(12(13)14)8-10-6-4-3-5-7-10/h9-11H,3-8H2,1-2H3/t11-/m0/s1. The lowest BCUT2D eigenvalue weighted by Crippen LogP contribution is -2.21. The Morgan fingerprint density at radius 1 is 1.29 bits per heavy atom. The average molecular weight is 217 g/mol. The first kappa shape index (κ1) is 12.0. The molecule has 0 N–H and O–H groups in total. The molecule has 2 heteroatoms. The van der Waals surface area contributed by atoms with Gasteiger partial charge >= 0.3 is 0 Å². The molecule has 1 nitrogen and oxygen atoms in total. The van der Waals surface area contributed by atoms with Crippen molar-refractivity contribution in [1.29, 1.82) is 0 Å². The maximum atomic E-state index is 11.2. The largest absolute Gasteiger partial charge is 0.281 e. The Kier molecular flexibility index (Phi) is 4.94. The Morgan fingerprint density at radius 3 is 2.29 bits per heavy atom. The summed E-state index contributed by atoms with van der Waals surface area (Å²) in [6.45, 7) is 4.18. The van der Waals surface area contributed by atoms with E-state index in [1.54, 1.807) is 0 Å². The van der Waals surface area contributed by atoms with E-state index in [-0.39, 0.29) is 11.2 Å². The third-order valence-corrected chi connectivity index (χ3v) is 3.69. The van der Waals surface area contributed by atoms with Crippen LogP contribution in [0.4, 0.5) is 0 Å². The fourth-order valence-corrected chi connectivity index (χ4v) is 2.75. The second kappa shape index (κ2) is 5.75. The Morgan fingerprint density at radius 2 is 1.86 bits per heavy atom. The molecule has 1 saturated carbocycles. The fraction of sp³-hybridized carbons (Fsp3) is 0.917. The monoisotopic (exact) mass is 216 g/mol. The van der Waals surface area contributed by atoms with Gasteiger partial charge in [0.1, 0.15) is 0 Å². The molecule has 1 aliphatic rings. The maximum absolute atomic E-state index is 11.2. The molecule has 0 aromatic carbocycles. The van der Waals surface area contributed by atoms with Crippen LogP contribution in [-0.2, 0) is 4.79 Å². The van der Waals surface area contributed by atoms with Gasteiger partial charge in [0, 0.05) is 5.92 Å². The average Bonchev–Trinajstić information content (AvgIpc) is 2.15. The predicted octanol–water partition coefficient (Wildman–Crippen LogP) is 3.99. The molecular weight excluding hydrogens is 196 g/mol. The Hall–Kier alpha value is -0.0400. The molecule has 0 bridgehead atoms. The maximum Gasteiger partial charge on any atom is 0.224 e. The molecule has 0 heterocycles. The lowest BCUT2D eigenvalue weighted by molar-refractivity contribution is -0.117. The summed E-state index contributed by atoms with van der Waals surface area (Å²) in [5.74, 6) is 1.22. The molecule has 0 aliphatic heterocycles. The van der Waals surface area contributed by atoms with Gasteiger partial charge in [-0.15, -0.1) is 0 Å². The first-order valence-electron chi connectivity index (χ1n) is 5.80. The van der Waals surface area contributed by atoms with Crippen LogP contribution < -0.4 is 0 Å². The Bertz CT molecular complexity index is 183. The number of halogens is 1. The van der Waals surface area contributed by atoms with Gasteiger partial charge in [-0.05, 0) is 29.9 Å². The van der Waals surface area contributed by atoms with Gasteiger partial charge < -0.3 is 0 Å². The van der Waals surface area contributed by atoms with Crippen molar-refractivity contribution in [3.05, 3.63) is 0 Å². The van der Waals surface area contributed by atoms with E-state index in [0.717, 1.165) is 12.3 Å². The van der Waals surface area contributed by atoms with E-state index in [2.05, 4.69) is 13.8 Å². The summed E-state index contributed by atoms with van der Waals surface area (Å²) in [7, 11) is 0. The van der Waals surface area contributed by atoms with Gasteiger partial charge in [0.15, 0.2) is 0 Å². The number of hydrogen-bond acceptors (Lipinski definition) is 1. The van der Waals surface area contributed by atoms with Gasteiger partial charge in [-0.25, -0.2) is 0 Å². The molecule has 0 radical (unpaired) electrons. The zero-order valence-corrected chi connectivity index (χ0v) is 10.0. The van der Waals surface area contributed by atoms with E-state index in [4.69, 9.17) is 11.6 Å². The second-order valence-corrected chi connectivity index (χ2v) is 5.27. The van der Waals surface area contributed by atoms with E-state index < -0.39 is 0 Å². The van der Waals surface area contributed by atoms with Crippen LogP contribution in [0.25, 0.3) is 0 Å².